The summed E-state index contributed by atoms with van der Waals surface area (Å²) in [5.41, 5.74) is 1.32. The van der Waals surface area contributed by atoms with Crippen LogP contribution in [0.5, 0.6) is 5.75 Å². The number of methoxy groups -OCH3 is 1. The summed E-state index contributed by atoms with van der Waals surface area (Å²) in [5, 5.41) is 19.2. The van der Waals surface area contributed by atoms with Gasteiger partial charge in [0.05, 0.1) is 24.5 Å². The minimum Gasteiger partial charge on any atom is -0.490 e. The van der Waals surface area contributed by atoms with Crippen molar-refractivity contribution in [3.8, 4) is 11.8 Å². The van der Waals surface area contributed by atoms with E-state index in [4.69, 9.17) is 10.00 Å². The van der Waals surface area contributed by atoms with Crippen LogP contribution in [-0.4, -0.2) is 12.0 Å². The quantitative estimate of drug-likeness (QED) is 0.559. The van der Waals surface area contributed by atoms with E-state index in [9.17, 15) is 10.1 Å². The molecule has 0 saturated carbocycles. The molecule has 0 spiro atoms. The van der Waals surface area contributed by atoms with E-state index < -0.39 is 4.92 Å². The summed E-state index contributed by atoms with van der Waals surface area (Å²) >= 11 is 0. The maximum atomic E-state index is 10.7. The molecule has 78 valence electrons. The van der Waals surface area contributed by atoms with E-state index in [-0.39, 0.29) is 17.9 Å². The molecule has 0 radical (unpaired) electrons. The average Bonchev–Trinajstić information content (AvgIpc) is 2.20. The molecule has 1 rings (SSSR count). The summed E-state index contributed by atoms with van der Waals surface area (Å²) in [6, 6.07) is 4.94. The van der Waals surface area contributed by atoms with Crippen molar-refractivity contribution < 1.29 is 9.66 Å². The van der Waals surface area contributed by atoms with Gasteiger partial charge in [-0.3, -0.25) is 10.1 Å². The van der Waals surface area contributed by atoms with Gasteiger partial charge in [-0.05, 0) is 12.5 Å². The van der Waals surface area contributed by atoms with E-state index in [2.05, 4.69) is 0 Å². The molecule has 0 aromatic heterocycles. The molecule has 0 aliphatic rings. The lowest BCUT2D eigenvalue weighted by atomic mass is 10.0. The standard InChI is InChI=1S/C10H10N2O3/c1-7-8(5-6-11)3-4-9(12(13)14)10(7)15-2/h3-4H,5H2,1-2H3. The van der Waals surface area contributed by atoms with Gasteiger partial charge in [0.2, 0.25) is 0 Å². The Morgan fingerprint density at radius 1 is 1.60 bits per heavy atom. The van der Waals surface area contributed by atoms with Crippen molar-refractivity contribution in [2.24, 2.45) is 0 Å². The first-order valence-corrected chi connectivity index (χ1v) is 4.29. The number of rotatable bonds is 3. The van der Waals surface area contributed by atoms with Crippen molar-refractivity contribution in [1.29, 1.82) is 5.26 Å². The second-order valence-electron chi connectivity index (χ2n) is 2.99. The number of nitro groups is 1. The second kappa shape index (κ2) is 4.42. The van der Waals surface area contributed by atoms with Crippen LogP contribution in [0.15, 0.2) is 12.1 Å². The summed E-state index contributed by atoms with van der Waals surface area (Å²) < 4.78 is 4.97. The Labute approximate surface area is 87.1 Å². The zero-order chi connectivity index (χ0) is 11.4. The molecule has 1 aromatic carbocycles. The van der Waals surface area contributed by atoms with E-state index in [1.807, 2.05) is 6.07 Å². The Balaban J connectivity index is 3.33. The van der Waals surface area contributed by atoms with Crippen molar-refractivity contribution in [2.75, 3.05) is 7.11 Å². The topological polar surface area (TPSA) is 76.2 Å². The summed E-state index contributed by atoms with van der Waals surface area (Å²) in [5.74, 6) is 0.229. The van der Waals surface area contributed by atoms with Crippen molar-refractivity contribution in [1.82, 2.24) is 0 Å². The lowest BCUT2D eigenvalue weighted by Crippen LogP contribution is -1.98. The molecule has 0 heterocycles. The molecule has 0 aliphatic carbocycles. The van der Waals surface area contributed by atoms with Crippen LogP contribution < -0.4 is 4.74 Å². The lowest BCUT2D eigenvalue weighted by molar-refractivity contribution is -0.385. The minimum absolute atomic E-state index is 0.0725. The Kier molecular flexibility index (Phi) is 3.24. The summed E-state index contributed by atoms with van der Waals surface area (Å²) in [4.78, 5) is 10.2. The molecule has 5 nitrogen and oxygen atoms in total. The number of hydrogen-bond acceptors (Lipinski definition) is 4. The largest absolute Gasteiger partial charge is 0.490 e. The normalized spacial score (nSPS) is 9.40. The van der Waals surface area contributed by atoms with Crippen LogP contribution in [0.1, 0.15) is 11.1 Å². The molecule has 1 aromatic rings. The van der Waals surface area contributed by atoms with Crippen LogP contribution in [0.25, 0.3) is 0 Å². The van der Waals surface area contributed by atoms with E-state index in [0.717, 1.165) is 5.56 Å². The first kappa shape index (κ1) is 11.0. The highest BCUT2D eigenvalue weighted by Gasteiger charge is 2.18. The number of nitro benzene ring substituents is 1. The van der Waals surface area contributed by atoms with Crippen LogP contribution in [0.2, 0.25) is 0 Å². The van der Waals surface area contributed by atoms with Gasteiger partial charge in [-0.2, -0.15) is 5.26 Å². The van der Waals surface area contributed by atoms with E-state index in [1.165, 1.54) is 13.2 Å². The molecule has 0 aliphatic heterocycles. The van der Waals surface area contributed by atoms with Crippen molar-refractivity contribution in [2.45, 2.75) is 13.3 Å². The fourth-order valence-electron chi connectivity index (χ4n) is 1.40. The van der Waals surface area contributed by atoms with E-state index in [1.54, 1.807) is 13.0 Å². The van der Waals surface area contributed by atoms with Crippen molar-refractivity contribution >= 4 is 5.69 Å². The summed E-state index contributed by atoms with van der Waals surface area (Å²) in [7, 11) is 1.38. The van der Waals surface area contributed by atoms with Gasteiger partial charge in [-0.1, -0.05) is 6.07 Å². The zero-order valence-corrected chi connectivity index (χ0v) is 8.48. The molecule has 0 unspecified atom stereocenters. The molecule has 0 saturated heterocycles. The van der Waals surface area contributed by atoms with Crippen LogP contribution >= 0.6 is 0 Å². The SMILES string of the molecule is COc1c([N+](=O)[O-])ccc(CC#N)c1C. The smallest absolute Gasteiger partial charge is 0.311 e. The highest BCUT2D eigenvalue weighted by Crippen LogP contribution is 2.32. The van der Waals surface area contributed by atoms with E-state index in [0.29, 0.717) is 5.56 Å². The van der Waals surface area contributed by atoms with Crippen LogP contribution in [0.4, 0.5) is 5.69 Å². The third-order valence-corrected chi connectivity index (χ3v) is 2.17. The average molecular weight is 206 g/mol. The first-order valence-electron chi connectivity index (χ1n) is 4.29. The van der Waals surface area contributed by atoms with Gasteiger partial charge in [0.1, 0.15) is 0 Å². The first-order chi connectivity index (χ1) is 7.11. The molecule has 5 heteroatoms. The van der Waals surface area contributed by atoms with Crippen LogP contribution in [0, 0.1) is 28.4 Å². The van der Waals surface area contributed by atoms with E-state index >= 15 is 0 Å². The monoisotopic (exact) mass is 206 g/mol. The molecule has 0 bridgehead atoms. The maximum Gasteiger partial charge on any atom is 0.311 e. The number of benzene rings is 1. The predicted molar refractivity (Wildman–Crippen MR) is 53.7 cm³/mol. The molecule has 0 atom stereocenters. The zero-order valence-electron chi connectivity index (χ0n) is 8.48. The molecule has 15 heavy (non-hydrogen) atoms. The Morgan fingerprint density at radius 2 is 2.27 bits per heavy atom. The van der Waals surface area contributed by atoms with Gasteiger partial charge in [0, 0.05) is 11.6 Å². The predicted octanol–water partition coefficient (Wildman–Crippen LogP) is 1.98. The van der Waals surface area contributed by atoms with Gasteiger partial charge in [-0.25, -0.2) is 0 Å². The second-order valence-corrected chi connectivity index (χ2v) is 2.99. The third kappa shape index (κ3) is 2.05. The summed E-state index contributed by atoms with van der Waals surface area (Å²) in [6.07, 6.45) is 0.222. The van der Waals surface area contributed by atoms with Gasteiger partial charge in [0.15, 0.2) is 5.75 Å². The van der Waals surface area contributed by atoms with Gasteiger partial charge in [-0.15, -0.1) is 0 Å². The third-order valence-electron chi connectivity index (χ3n) is 2.17. The molecule has 0 N–H and O–H groups in total. The van der Waals surface area contributed by atoms with Gasteiger partial charge >= 0.3 is 5.69 Å². The number of hydrogen-bond donors (Lipinski definition) is 0. The van der Waals surface area contributed by atoms with Crippen molar-refractivity contribution in [3.05, 3.63) is 33.4 Å². The Hall–Kier alpha value is -2.09. The van der Waals surface area contributed by atoms with Crippen LogP contribution in [-0.2, 0) is 6.42 Å². The fraction of sp³-hybridized carbons (Fsp3) is 0.300. The summed E-state index contributed by atoms with van der Waals surface area (Å²) in [6.45, 7) is 1.71. The number of nitriles is 1. The molecular formula is C10H10N2O3. The molecular weight excluding hydrogens is 196 g/mol. The highest BCUT2D eigenvalue weighted by molar-refractivity contribution is 5.55. The highest BCUT2D eigenvalue weighted by atomic mass is 16.6. The van der Waals surface area contributed by atoms with Gasteiger partial charge < -0.3 is 4.74 Å². The molecule has 0 amide bonds. The maximum absolute atomic E-state index is 10.7. The Morgan fingerprint density at radius 3 is 2.73 bits per heavy atom. The van der Waals surface area contributed by atoms with Crippen molar-refractivity contribution in [3.63, 3.8) is 0 Å². The number of ether oxygens (including phenoxy) is 1. The fourth-order valence-corrected chi connectivity index (χ4v) is 1.40. The minimum atomic E-state index is -0.498. The molecule has 0 fully saturated rings. The van der Waals surface area contributed by atoms with Gasteiger partial charge in [0.25, 0.3) is 0 Å². The number of nitrogens with zero attached hydrogens (tertiary/aromatic N) is 2. The van der Waals surface area contributed by atoms with Crippen LogP contribution in [0.3, 0.4) is 0 Å². The Bertz CT molecular complexity index is 435. The lowest BCUT2D eigenvalue weighted by Gasteiger charge is -2.08.